The fourth-order valence-corrected chi connectivity index (χ4v) is 1.08. The molecule has 0 fully saturated rings. The number of hydrogen-bond donors (Lipinski definition) is 1. The summed E-state index contributed by atoms with van der Waals surface area (Å²) >= 11 is 0. The lowest BCUT2D eigenvalue weighted by Crippen LogP contribution is -2.19. The van der Waals surface area contributed by atoms with Crippen LogP contribution < -0.4 is 5.32 Å². The summed E-state index contributed by atoms with van der Waals surface area (Å²) in [5.41, 5.74) is 0. The molecule has 86 valence electrons. The summed E-state index contributed by atoms with van der Waals surface area (Å²) in [6, 6.07) is 0. The van der Waals surface area contributed by atoms with Crippen LogP contribution in [0.25, 0.3) is 0 Å². The van der Waals surface area contributed by atoms with Crippen LogP contribution >= 0.6 is 0 Å². The van der Waals surface area contributed by atoms with E-state index >= 15 is 0 Å². The molecule has 1 rings (SSSR count). The number of rotatable bonds is 5. The molecule has 0 aliphatic heterocycles. The molecule has 1 N–H and O–H groups in total. The second kappa shape index (κ2) is 5.11. The molecule has 0 aromatic carbocycles. The zero-order valence-electron chi connectivity index (χ0n) is 8.38. The minimum absolute atomic E-state index is 0.176. The van der Waals surface area contributed by atoms with E-state index in [1.54, 1.807) is 0 Å². The smallest absolute Gasteiger partial charge is 0.310 e. The van der Waals surface area contributed by atoms with Gasteiger partial charge in [-0.2, -0.15) is 18.3 Å². The number of aryl methyl sites for hydroxylation is 1. The molecule has 0 spiro atoms. The minimum Gasteiger partial charge on any atom is -0.310 e. The fourth-order valence-electron chi connectivity index (χ4n) is 1.08. The van der Waals surface area contributed by atoms with Crippen molar-refractivity contribution in [2.45, 2.75) is 32.6 Å². The molecule has 7 heteroatoms. The van der Waals surface area contributed by atoms with Crippen molar-refractivity contribution in [2.24, 2.45) is 0 Å². The molecular formula is C8H13F3N4. The number of nitrogens with one attached hydrogen (secondary N) is 1. The van der Waals surface area contributed by atoms with Crippen LogP contribution in [0.2, 0.25) is 0 Å². The molecule has 1 aromatic rings. The second-order valence-electron chi connectivity index (χ2n) is 3.04. The molecule has 0 radical (unpaired) electrons. The van der Waals surface area contributed by atoms with Crippen LogP contribution in [0.4, 0.5) is 13.2 Å². The van der Waals surface area contributed by atoms with Crippen LogP contribution in [-0.4, -0.2) is 27.5 Å². The fraction of sp³-hybridized carbons (Fsp3) is 0.750. The highest BCUT2D eigenvalue weighted by Gasteiger charge is 2.27. The Hall–Kier alpha value is -1.11. The van der Waals surface area contributed by atoms with Gasteiger partial charge in [0.25, 0.3) is 0 Å². The molecule has 1 heterocycles. The van der Waals surface area contributed by atoms with Crippen LogP contribution in [0.3, 0.4) is 0 Å². The van der Waals surface area contributed by atoms with Crippen molar-refractivity contribution in [2.75, 3.05) is 6.54 Å². The standard InChI is InChI=1S/C8H13F3N4/c1-2-12-5-7-13-6-14-15(7)4-3-8(9,10)11/h6,12H,2-5H2,1H3. The molecule has 15 heavy (non-hydrogen) atoms. The van der Waals surface area contributed by atoms with Crippen LogP contribution in [0.15, 0.2) is 6.33 Å². The monoisotopic (exact) mass is 222 g/mol. The lowest BCUT2D eigenvalue weighted by molar-refractivity contribution is -0.137. The first kappa shape index (κ1) is 12.0. The summed E-state index contributed by atoms with van der Waals surface area (Å²) in [6.07, 6.45) is -3.76. The van der Waals surface area contributed by atoms with Gasteiger partial charge in [0, 0.05) is 0 Å². The Bertz CT molecular complexity index is 294. The number of aromatic nitrogens is 3. The number of halogens is 3. The zero-order valence-corrected chi connectivity index (χ0v) is 8.38. The second-order valence-corrected chi connectivity index (χ2v) is 3.04. The lowest BCUT2D eigenvalue weighted by Gasteiger charge is -2.08. The van der Waals surface area contributed by atoms with Crippen LogP contribution in [0.1, 0.15) is 19.2 Å². The predicted octanol–water partition coefficient (Wildman–Crippen LogP) is 1.34. The quantitative estimate of drug-likeness (QED) is 0.817. The first-order valence-electron chi connectivity index (χ1n) is 4.67. The van der Waals surface area contributed by atoms with E-state index in [9.17, 15) is 13.2 Å². The highest BCUT2D eigenvalue weighted by molar-refractivity contribution is 4.83. The maximum Gasteiger partial charge on any atom is 0.390 e. The van der Waals surface area contributed by atoms with Crippen molar-refractivity contribution < 1.29 is 13.2 Å². The predicted molar refractivity (Wildman–Crippen MR) is 48.1 cm³/mol. The highest BCUT2D eigenvalue weighted by Crippen LogP contribution is 2.20. The Balaban J connectivity index is 2.50. The van der Waals surface area contributed by atoms with Crippen LogP contribution in [0.5, 0.6) is 0 Å². The number of hydrogen-bond acceptors (Lipinski definition) is 3. The molecule has 1 aromatic heterocycles. The van der Waals surface area contributed by atoms with E-state index in [1.807, 2.05) is 6.92 Å². The molecule has 0 atom stereocenters. The van der Waals surface area contributed by atoms with Gasteiger partial charge in [-0.15, -0.1) is 0 Å². The summed E-state index contributed by atoms with van der Waals surface area (Å²) in [5, 5.41) is 6.72. The largest absolute Gasteiger partial charge is 0.390 e. The van der Waals surface area contributed by atoms with E-state index < -0.39 is 12.6 Å². The molecule has 0 bridgehead atoms. The highest BCUT2D eigenvalue weighted by atomic mass is 19.4. The third kappa shape index (κ3) is 4.28. The third-order valence-corrected chi connectivity index (χ3v) is 1.84. The Morgan fingerprint density at radius 1 is 1.47 bits per heavy atom. The zero-order chi connectivity index (χ0) is 11.3. The van der Waals surface area contributed by atoms with Gasteiger partial charge in [0.1, 0.15) is 12.2 Å². The van der Waals surface area contributed by atoms with Gasteiger partial charge in [-0.1, -0.05) is 6.92 Å². The molecule has 0 saturated carbocycles. The van der Waals surface area contributed by atoms with Gasteiger partial charge >= 0.3 is 6.18 Å². The van der Waals surface area contributed by atoms with Crippen molar-refractivity contribution in [3.05, 3.63) is 12.2 Å². The maximum absolute atomic E-state index is 12.0. The minimum atomic E-state index is -4.15. The van der Waals surface area contributed by atoms with Gasteiger partial charge < -0.3 is 5.32 Å². The van der Waals surface area contributed by atoms with Crippen molar-refractivity contribution in [1.29, 1.82) is 0 Å². The Morgan fingerprint density at radius 3 is 2.80 bits per heavy atom. The SMILES string of the molecule is CCNCc1ncnn1CCC(F)(F)F. The summed E-state index contributed by atoms with van der Waals surface area (Å²) in [6.45, 7) is 2.92. The molecule has 0 aliphatic rings. The summed E-state index contributed by atoms with van der Waals surface area (Å²) in [4.78, 5) is 3.88. The van der Waals surface area contributed by atoms with E-state index in [2.05, 4.69) is 15.4 Å². The van der Waals surface area contributed by atoms with E-state index in [1.165, 1.54) is 11.0 Å². The lowest BCUT2D eigenvalue weighted by atomic mass is 10.4. The van der Waals surface area contributed by atoms with Gasteiger partial charge in [-0.05, 0) is 6.54 Å². The summed E-state index contributed by atoms with van der Waals surface area (Å²) in [7, 11) is 0. The van der Waals surface area contributed by atoms with Gasteiger partial charge in [-0.25, -0.2) is 9.67 Å². The number of alkyl halides is 3. The summed E-state index contributed by atoms with van der Waals surface area (Å²) in [5.74, 6) is 0.529. The average Bonchev–Trinajstić information content (AvgIpc) is 2.57. The molecule has 0 amide bonds. The van der Waals surface area contributed by atoms with E-state index in [-0.39, 0.29) is 6.54 Å². The van der Waals surface area contributed by atoms with Crippen molar-refractivity contribution in [3.63, 3.8) is 0 Å². The van der Waals surface area contributed by atoms with Crippen LogP contribution in [-0.2, 0) is 13.1 Å². The molecule has 4 nitrogen and oxygen atoms in total. The Morgan fingerprint density at radius 2 is 2.20 bits per heavy atom. The van der Waals surface area contributed by atoms with Gasteiger partial charge in [0.15, 0.2) is 0 Å². The van der Waals surface area contributed by atoms with Gasteiger partial charge in [-0.3, -0.25) is 0 Å². The summed E-state index contributed by atoms with van der Waals surface area (Å²) < 4.78 is 37.1. The average molecular weight is 222 g/mol. The van der Waals surface area contributed by atoms with Gasteiger partial charge in [0.05, 0.1) is 19.5 Å². The first-order chi connectivity index (χ1) is 7.03. The van der Waals surface area contributed by atoms with E-state index in [4.69, 9.17) is 0 Å². The van der Waals surface area contributed by atoms with Crippen molar-refractivity contribution >= 4 is 0 Å². The van der Waals surface area contributed by atoms with Crippen molar-refractivity contribution in [1.82, 2.24) is 20.1 Å². The maximum atomic E-state index is 12.0. The van der Waals surface area contributed by atoms with Crippen molar-refractivity contribution in [3.8, 4) is 0 Å². The van der Waals surface area contributed by atoms with E-state index in [0.29, 0.717) is 12.4 Å². The molecule has 0 aliphatic carbocycles. The molecule has 0 saturated heterocycles. The molecular weight excluding hydrogens is 209 g/mol. The van der Waals surface area contributed by atoms with E-state index in [0.717, 1.165) is 6.54 Å². The Kier molecular flexibility index (Phi) is 4.07. The van der Waals surface area contributed by atoms with Gasteiger partial charge in [0.2, 0.25) is 0 Å². The number of nitrogens with zero attached hydrogens (tertiary/aromatic N) is 3. The Labute approximate surface area is 85.5 Å². The first-order valence-corrected chi connectivity index (χ1v) is 4.67. The van der Waals surface area contributed by atoms with Crippen LogP contribution in [0, 0.1) is 0 Å². The normalized spacial score (nSPS) is 12.0. The third-order valence-electron chi connectivity index (χ3n) is 1.84. The topological polar surface area (TPSA) is 42.7 Å². The molecule has 0 unspecified atom stereocenters.